The Labute approximate surface area is 127 Å². The lowest BCUT2D eigenvalue weighted by Crippen LogP contribution is -2.17. The Morgan fingerprint density at radius 1 is 1.25 bits per heavy atom. The van der Waals surface area contributed by atoms with Crippen molar-refractivity contribution in [3.63, 3.8) is 0 Å². The second-order valence-electron chi connectivity index (χ2n) is 6.53. The number of hydrogen-bond acceptors (Lipinski definition) is 2. The zero-order valence-electron chi connectivity index (χ0n) is 12.9. The highest BCUT2D eigenvalue weighted by atomic mass is 32.2. The minimum atomic E-state index is -0.697. The third kappa shape index (κ3) is 6.00. The fraction of sp³-hybridized carbons (Fsp3) is 0.588. The number of carbonyl (C=O) groups is 1. The van der Waals surface area contributed by atoms with Gasteiger partial charge in [0.25, 0.3) is 0 Å². The zero-order chi connectivity index (χ0) is 15.2. The van der Waals surface area contributed by atoms with Gasteiger partial charge in [0.15, 0.2) is 0 Å². The first-order chi connectivity index (χ1) is 9.30. The molecule has 1 aromatic rings. The van der Waals surface area contributed by atoms with Crippen LogP contribution in [0.5, 0.6) is 0 Å². The third-order valence-electron chi connectivity index (χ3n) is 3.29. The van der Waals surface area contributed by atoms with Gasteiger partial charge in [-0.15, -0.1) is 0 Å². The second-order valence-corrected chi connectivity index (χ2v) is 7.67. The van der Waals surface area contributed by atoms with Crippen LogP contribution in [0.25, 0.3) is 0 Å². The molecule has 1 aromatic carbocycles. The lowest BCUT2D eigenvalue weighted by Gasteiger charge is -2.31. The summed E-state index contributed by atoms with van der Waals surface area (Å²) in [6.07, 6.45) is 1.03. The quantitative estimate of drug-likeness (QED) is 0.768. The molecule has 0 aromatic heterocycles. The van der Waals surface area contributed by atoms with Gasteiger partial charge in [-0.1, -0.05) is 58.0 Å². The van der Waals surface area contributed by atoms with Crippen LogP contribution in [0.15, 0.2) is 30.3 Å². The zero-order valence-corrected chi connectivity index (χ0v) is 13.7. The van der Waals surface area contributed by atoms with E-state index in [0.29, 0.717) is 11.2 Å². The summed E-state index contributed by atoms with van der Waals surface area (Å²) < 4.78 is 0. The predicted octanol–water partition coefficient (Wildman–Crippen LogP) is 5.01. The van der Waals surface area contributed by atoms with E-state index in [1.54, 1.807) is 0 Å². The van der Waals surface area contributed by atoms with Crippen molar-refractivity contribution < 1.29 is 9.90 Å². The first-order valence-corrected chi connectivity index (χ1v) is 8.24. The number of aliphatic carboxylic acids is 1. The lowest BCUT2D eigenvalue weighted by atomic mass is 9.87. The number of thioether (sulfide) groups is 1. The summed E-state index contributed by atoms with van der Waals surface area (Å²) in [6.45, 7) is 8.93. The highest BCUT2D eigenvalue weighted by Crippen LogP contribution is 2.44. The van der Waals surface area contributed by atoms with E-state index in [-0.39, 0.29) is 11.8 Å². The molecule has 112 valence electrons. The van der Waals surface area contributed by atoms with E-state index in [1.807, 2.05) is 17.8 Å². The number of rotatable bonds is 7. The van der Waals surface area contributed by atoms with Crippen molar-refractivity contribution >= 4 is 17.7 Å². The van der Waals surface area contributed by atoms with E-state index < -0.39 is 5.97 Å². The fourth-order valence-corrected chi connectivity index (χ4v) is 3.72. The van der Waals surface area contributed by atoms with Crippen molar-refractivity contribution in [2.75, 3.05) is 5.75 Å². The smallest absolute Gasteiger partial charge is 0.303 e. The molecule has 0 bridgehead atoms. The van der Waals surface area contributed by atoms with Gasteiger partial charge in [0.1, 0.15) is 0 Å². The molecule has 0 heterocycles. The van der Waals surface area contributed by atoms with Gasteiger partial charge in [0, 0.05) is 11.7 Å². The molecule has 0 aliphatic carbocycles. The number of carboxylic acids is 1. The van der Waals surface area contributed by atoms with E-state index in [9.17, 15) is 4.79 Å². The molecule has 0 spiro atoms. The molecule has 2 unspecified atom stereocenters. The Kier molecular flexibility index (Phi) is 6.60. The van der Waals surface area contributed by atoms with Crippen molar-refractivity contribution in [2.24, 2.45) is 11.3 Å². The van der Waals surface area contributed by atoms with Crippen LogP contribution in [-0.4, -0.2) is 16.8 Å². The molecule has 0 radical (unpaired) electrons. The molecule has 1 N–H and O–H groups in total. The molecular weight excluding hydrogens is 268 g/mol. The molecule has 0 saturated heterocycles. The van der Waals surface area contributed by atoms with E-state index in [2.05, 4.69) is 52.0 Å². The van der Waals surface area contributed by atoms with E-state index >= 15 is 0 Å². The van der Waals surface area contributed by atoms with Crippen LogP contribution in [0, 0.1) is 11.3 Å². The number of benzene rings is 1. The van der Waals surface area contributed by atoms with Crippen molar-refractivity contribution in [3.8, 4) is 0 Å². The van der Waals surface area contributed by atoms with Gasteiger partial charge in [-0.2, -0.15) is 11.8 Å². The lowest BCUT2D eigenvalue weighted by molar-refractivity contribution is -0.137. The first kappa shape index (κ1) is 17.1. The Hall–Kier alpha value is -0.960. The normalized spacial score (nSPS) is 14.8. The molecule has 0 aliphatic heterocycles. The largest absolute Gasteiger partial charge is 0.481 e. The van der Waals surface area contributed by atoms with Crippen LogP contribution < -0.4 is 0 Å². The van der Waals surface area contributed by atoms with Crippen molar-refractivity contribution in [3.05, 3.63) is 35.9 Å². The average molecular weight is 294 g/mol. The van der Waals surface area contributed by atoms with E-state index in [0.717, 1.165) is 12.2 Å². The van der Waals surface area contributed by atoms with Gasteiger partial charge >= 0.3 is 5.97 Å². The number of carboxylic acid groups (broad SMARTS) is 1. The highest BCUT2D eigenvalue weighted by Gasteiger charge is 2.27. The minimum Gasteiger partial charge on any atom is -0.481 e. The van der Waals surface area contributed by atoms with Crippen LogP contribution in [0.4, 0.5) is 0 Å². The summed E-state index contributed by atoms with van der Waals surface area (Å²) in [7, 11) is 0. The molecule has 2 atom stereocenters. The molecule has 2 nitrogen and oxygen atoms in total. The maximum absolute atomic E-state index is 10.6. The molecule has 3 heteroatoms. The molecular formula is C17H26O2S. The first-order valence-electron chi connectivity index (χ1n) is 7.19. The molecule has 0 aliphatic rings. The highest BCUT2D eigenvalue weighted by molar-refractivity contribution is 7.99. The van der Waals surface area contributed by atoms with E-state index in [1.165, 1.54) is 5.56 Å². The SMILES string of the molecule is CC(CCC(=O)O)CSC(c1ccccc1)C(C)(C)C. The Morgan fingerprint density at radius 3 is 2.35 bits per heavy atom. The predicted molar refractivity (Wildman–Crippen MR) is 87.1 cm³/mol. The standard InChI is InChI=1S/C17H26O2S/c1-13(10-11-15(18)19)12-20-16(17(2,3)4)14-8-6-5-7-9-14/h5-9,13,16H,10-12H2,1-4H3,(H,18,19). The van der Waals surface area contributed by atoms with Crippen molar-refractivity contribution in [1.82, 2.24) is 0 Å². The van der Waals surface area contributed by atoms with Gasteiger partial charge in [-0.25, -0.2) is 0 Å². The number of hydrogen-bond donors (Lipinski definition) is 1. The molecule has 0 fully saturated rings. The minimum absolute atomic E-state index is 0.193. The maximum atomic E-state index is 10.6. The van der Waals surface area contributed by atoms with Gasteiger partial charge in [-0.3, -0.25) is 4.79 Å². The van der Waals surface area contributed by atoms with Crippen LogP contribution in [0.1, 0.15) is 51.3 Å². The van der Waals surface area contributed by atoms with Gasteiger partial charge < -0.3 is 5.11 Å². The Bertz CT molecular complexity index is 409. The van der Waals surface area contributed by atoms with Crippen LogP contribution in [-0.2, 0) is 4.79 Å². The summed E-state index contributed by atoms with van der Waals surface area (Å²) in [5.41, 5.74) is 1.55. The van der Waals surface area contributed by atoms with Crippen LogP contribution >= 0.6 is 11.8 Å². The summed E-state index contributed by atoms with van der Waals surface area (Å²) >= 11 is 1.95. The second kappa shape index (κ2) is 7.72. The fourth-order valence-electron chi connectivity index (χ4n) is 2.19. The summed E-state index contributed by atoms with van der Waals surface area (Å²) in [4.78, 5) is 10.6. The third-order valence-corrected chi connectivity index (χ3v) is 5.36. The summed E-state index contributed by atoms with van der Waals surface area (Å²) in [6, 6.07) is 10.6. The molecule has 20 heavy (non-hydrogen) atoms. The van der Waals surface area contributed by atoms with Gasteiger partial charge in [-0.05, 0) is 29.1 Å². The molecule has 0 amide bonds. The Morgan fingerprint density at radius 2 is 1.85 bits per heavy atom. The van der Waals surface area contributed by atoms with Crippen LogP contribution in [0.2, 0.25) is 0 Å². The van der Waals surface area contributed by atoms with E-state index in [4.69, 9.17) is 5.11 Å². The average Bonchev–Trinajstić information content (AvgIpc) is 2.36. The van der Waals surface area contributed by atoms with Crippen LogP contribution in [0.3, 0.4) is 0 Å². The molecule has 0 saturated carbocycles. The van der Waals surface area contributed by atoms with Gasteiger partial charge in [0.2, 0.25) is 0 Å². The monoisotopic (exact) mass is 294 g/mol. The van der Waals surface area contributed by atoms with Crippen molar-refractivity contribution in [2.45, 2.75) is 45.8 Å². The molecule has 1 rings (SSSR count). The summed E-state index contributed by atoms with van der Waals surface area (Å²) in [5.74, 6) is 0.742. The Balaban J connectivity index is 2.61. The van der Waals surface area contributed by atoms with Gasteiger partial charge in [0.05, 0.1) is 0 Å². The van der Waals surface area contributed by atoms with Crippen molar-refractivity contribution in [1.29, 1.82) is 0 Å². The maximum Gasteiger partial charge on any atom is 0.303 e. The summed E-state index contributed by atoms with van der Waals surface area (Å²) in [5, 5.41) is 9.18. The topological polar surface area (TPSA) is 37.3 Å².